The van der Waals surface area contributed by atoms with Crippen molar-refractivity contribution in [2.24, 2.45) is 7.05 Å². The minimum atomic E-state index is -0.474. The Bertz CT molecular complexity index is 1150. The van der Waals surface area contributed by atoms with E-state index in [1.165, 1.54) is 6.07 Å². The molecule has 0 aliphatic carbocycles. The van der Waals surface area contributed by atoms with Crippen LogP contribution in [0.1, 0.15) is 17.7 Å². The Kier molecular flexibility index (Phi) is 6.12. The number of hydrogen-bond donors (Lipinski definition) is 2. The second-order valence-electron chi connectivity index (χ2n) is 7.28. The molecule has 0 aliphatic rings. The fourth-order valence-corrected chi connectivity index (χ4v) is 3.22. The van der Waals surface area contributed by atoms with Crippen molar-refractivity contribution < 1.29 is 13.6 Å². The first-order valence-electron chi connectivity index (χ1n) is 10.0. The van der Waals surface area contributed by atoms with Crippen LogP contribution in [-0.4, -0.2) is 15.7 Å². The van der Waals surface area contributed by atoms with Crippen molar-refractivity contribution in [1.82, 2.24) is 9.78 Å². The van der Waals surface area contributed by atoms with Gasteiger partial charge in [0.2, 0.25) is 5.91 Å². The average Bonchev–Trinajstić information content (AvgIpc) is 3.45. The van der Waals surface area contributed by atoms with E-state index in [0.29, 0.717) is 13.0 Å². The van der Waals surface area contributed by atoms with Gasteiger partial charge in [0.15, 0.2) is 0 Å². The zero-order chi connectivity index (χ0) is 21.6. The molecule has 0 saturated heterocycles. The van der Waals surface area contributed by atoms with E-state index in [9.17, 15) is 9.18 Å². The topological polar surface area (TPSA) is 72.1 Å². The van der Waals surface area contributed by atoms with Gasteiger partial charge in [-0.3, -0.25) is 9.48 Å². The van der Waals surface area contributed by atoms with Gasteiger partial charge in [-0.25, -0.2) is 4.39 Å². The molecule has 0 saturated carbocycles. The Labute approximate surface area is 179 Å². The zero-order valence-corrected chi connectivity index (χ0v) is 17.1. The molecule has 0 aliphatic heterocycles. The first kappa shape index (κ1) is 20.4. The lowest BCUT2D eigenvalue weighted by molar-refractivity contribution is -0.116. The molecule has 6 nitrogen and oxygen atoms in total. The monoisotopic (exact) mass is 418 g/mol. The van der Waals surface area contributed by atoms with Crippen molar-refractivity contribution in [3.8, 4) is 11.1 Å². The maximum atomic E-state index is 14.1. The summed E-state index contributed by atoms with van der Waals surface area (Å²) in [6.45, 7) is 0.574. The number of nitrogens with one attached hydrogen (secondary N) is 2. The average molecular weight is 418 g/mol. The molecule has 0 fully saturated rings. The van der Waals surface area contributed by atoms with Crippen LogP contribution in [0.15, 0.2) is 77.7 Å². The highest BCUT2D eigenvalue weighted by Crippen LogP contribution is 2.22. The molecule has 0 radical (unpaired) electrons. The Hall–Kier alpha value is -3.87. The van der Waals surface area contributed by atoms with Crippen LogP contribution in [0.3, 0.4) is 0 Å². The second kappa shape index (κ2) is 9.30. The van der Waals surface area contributed by atoms with Crippen molar-refractivity contribution in [3.05, 3.63) is 90.4 Å². The van der Waals surface area contributed by atoms with Crippen molar-refractivity contribution in [2.45, 2.75) is 19.4 Å². The number of halogens is 1. The summed E-state index contributed by atoms with van der Waals surface area (Å²) in [4.78, 5) is 12.2. The summed E-state index contributed by atoms with van der Waals surface area (Å²) < 4.78 is 21.1. The number of hydrogen-bond acceptors (Lipinski definition) is 4. The van der Waals surface area contributed by atoms with E-state index in [4.69, 9.17) is 4.42 Å². The van der Waals surface area contributed by atoms with E-state index in [2.05, 4.69) is 15.7 Å². The lowest BCUT2D eigenvalue weighted by Gasteiger charge is -2.11. The molecule has 0 atom stereocenters. The standard InChI is InChI=1S/C24H23FN4O2/c1-29-16-19(15-27-29)18-6-4-17(5-7-18)14-26-20-8-10-22(25)23(13-20)28-24(30)11-9-21-3-2-12-31-21/h2-8,10,12-13,15-16,26H,9,11,14H2,1H3,(H,28,30). The van der Waals surface area contributed by atoms with E-state index in [1.54, 1.807) is 29.1 Å². The molecule has 0 spiro atoms. The Balaban J connectivity index is 1.34. The van der Waals surface area contributed by atoms with Crippen LogP contribution in [0.2, 0.25) is 0 Å². The van der Waals surface area contributed by atoms with Crippen LogP contribution in [-0.2, 0) is 24.8 Å². The smallest absolute Gasteiger partial charge is 0.224 e. The molecule has 31 heavy (non-hydrogen) atoms. The third kappa shape index (κ3) is 5.39. The highest BCUT2D eigenvalue weighted by molar-refractivity contribution is 5.91. The van der Waals surface area contributed by atoms with Crippen LogP contribution < -0.4 is 10.6 Å². The van der Waals surface area contributed by atoms with Gasteiger partial charge in [-0.05, 0) is 41.5 Å². The summed E-state index contributed by atoms with van der Waals surface area (Å²) >= 11 is 0. The minimum absolute atomic E-state index is 0.154. The summed E-state index contributed by atoms with van der Waals surface area (Å²) in [5.41, 5.74) is 4.12. The molecule has 158 valence electrons. The number of aromatic nitrogens is 2. The van der Waals surface area contributed by atoms with Gasteiger partial charge < -0.3 is 15.1 Å². The lowest BCUT2D eigenvalue weighted by atomic mass is 10.1. The maximum Gasteiger partial charge on any atom is 0.224 e. The van der Waals surface area contributed by atoms with Gasteiger partial charge in [0.25, 0.3) is 0 Å². The van der Waals surface area contributed by atoms with Crippen LogP contribution in [0, 0.1) is 5.82 Å². The third-order valence-corrected chi connectivity index (χ3v) is 4.91. The van der Waals surface area contributed by atoms with Crippen molar-refractivity contribution in [1.29, 1.82) is 0 Å². The minimum Gasteiger partial charge on any atom is -0.469 e. The van der Waals surface area contributed by atoms with E-state index >= 15 is 0 Å². The van der Waals surface area contributed by atoms with Gasteiger partial charge in [0.1, 0.15) is 11.6 Å². The largest absolute Gasteiger partial charge is 0.469 e. The van der Waals surface area contributed by atoms with E-state index in [1.807, 2.05) is 49.8 Å². The number of amides is 1. The highest BCUT2D eigenvalue weighted by atomic mass is 19.1. The SMILES string of the molecule is Cn1cc(-c2ccc(CNc3ccc(F)c(NC(=O)CCc4ccco4)c3)cc2)cn1. The quantitative estimate of drug-likeness (QED) is 0.422. The molecular formula is C24H23FN4O2. The van der Waals surface area contributed by atoms with Crippen LogP contribution in [0.25, 0.3) is 11.1 Å². The van der Waals surface area contributed by atoms with Gasteiger partial charge in [-0.1, -0.05) is 24.3 Å². The number of carbonyl (C=O) groups is 1. The number of anilines is 2. The van der Waals surface area contributed by atoms with Crippen molar-refractivity contribution in [3.63, 3.8) is 0 Å². The number of aryl methyl sites for hydroxylation is 2. The highest BCUT2D eigenvalue weighted by Gasteiger charge is 2.09. The summed E-state index contributed by atoms with van der Waals surface area (Å²) in [7, 11) is 1.89. The van der Waals surface area contributed by atoms with Gasteiger partial charge in [0, 0.05) is 43.9 Å². The lowest BCUT2D eigenvalue weighted by Crippen LogP contribution is -2.13. The molecule has 2 aromatic carbocycles. The Morgan fingerprint density at radius 1 is 1.13 bits per heavy atom. The molecule has 2 N–H and O–H groups in total. The molecule has 1 amide bonds. The van der Waals surface area contributed by atoms with Crippen LogP contribution >= 0.6 is 0 Å². The molecule has 7 heteroatoms. The third-order valence-electron chi connectivity index (χ3n) is 4.91. The molecule has 0 bridgehead atoms. The second-order valence-corrected chi connectivity index (χ2v) is 7.28. The molecular weight excluding hydrogens is 395 g/mol. The normalized spacial score (nSPS) is 10.8. The Morgan fingerprint density at radius 2 is 1.97 bits per heavy atom. The fraction of sp³-hybridized carbons (Fsp3) is 0.167. The summed E-state index contributed by atoms with van der Waals surface area (Å²) in [5.74, 6) is -0.0169. The van der Waals surface area contributed by atoms with Gasteiger partial charge in [0.05, 0.1) is 18.1 Å². The summed E-state index contributed by atoms with van der Waals surface area (Å²) in [6.07, 6.45) is 6.04. The number of rotatable bonds is 8. The first-order chi connectivity index (χ1) is 15.1. The first-order valence-corrected chi connectivity index (χ1v) is 10.0. The summed E-state index contributed by atoms with van der Waals surface area (Å²) in [5, 5.41) is 10.1. The maximum absolute atomic E-state index is 14.1. The van der Waals surface area contributed by atoms with Crippen LogP contribution in [0.4, 0.5) is 15.8 Å². The molecule has 4 aromatic rings. The van der Waals surface area contributed by atoms with Crippen molar-refractivity contribution in [2.75, 3.05) is 10.6 Å². The predicted molar refractivity (Wildman–Crippen MR) is 118 cm³/mol. The number of benzene rings is 2. The van der Waals surface area contributed by atoms with Gasteiger partial charge in [-0.2, -0.15) is 5.10 Å². The predicted octanol–water partition coefficient (Wildman–Crippen LogP) is 5.00. The molecule has 2 heterocycles. The zero-order valence-electron chi connectivity index (χ0n) is 17.1. The Morgan fingerprint density at radius 3 is 2.68 bits per heavy atom. The van der Waals surface area contributed by atoms with E-state index in [0.717, 1.165) is 28.1 Å². The fourth-order valence-electron chi connectivity index (χ4n) is 3.22. The molecule has 0 unspecified atom stereocenters. The van der Waals surface area contributed by atoms with Gasteiger partial charge in [-0.15, -0.1) is 0 Å². The van der Waals surface area contributed by atoms with Crippen molar-refractivity contribution >= 4 is 17.3 Å². The van der Waals surface area contributed by atoms with Gasteiger partial charge >= 0.3 is 0 Å². The summed E-state index contributed by atoms with van der Waals surface area (Å²) in [6, 6.07) is 16.3. The van der Waals surface area contributed by atoms with Crippen LogP contribution in [0.5, 0.6) is 0 Å². The number of nitrogens with zero attached hydrogens (tertiary/aromatic N) is 2. The number of carbonyl (C=O) groups excluding carboxylic acids is 1. The molecule has 4 rings (SSSR count). The van der Waals surface area contributed by atoms with E-state index in [-0.39, 0.29) is 18.0 Å². The number of furan rings is 1. The van der Waals surface area contributed by atoms with E-state index < -0.39 is 5.82 Å². The molecule has 2 aromatic heterocycles.